The Labute approximate surface area is 197 Å². The predicted molar refractivity (Wildman–Crippen MR) is 134 cm³/mol. The summed E-state index contributed by atoms with van der Waals surface area (Å²) in [5.41, 5.74) is 3.72. The van der Waals surface area contributed by atoms with E-state index in [1.165, 1.54) is 11.3 Å². The van der Waals surface area contributed by atoms with Crippen LogP contribution in [0.4, 0.5) is 0 Å². The van der Waals surface area contributed by atoms with Crippen molar-refractivity contribution in [3.05, 3.63) is 53.3 Å². The summed E-state index contributed by atoms with van der Waals surface area (Å²) in [6, 6.07) is 12.9. The van der Waals surface area contributed by atoms with Crippen LogP contribution in [0.25, 0.3) is 0 Å². The first-order chi connectivity index (χ1) is 14.1. The smallest absolute Gasteiger partial charge is 0.191 e. The molecule has 0 bridgehead atoms. The minimum atomic E-state index is 0. The average Bonchev–Trinajstić information content (AvgIpc) is 3.07. The fraction of sp³-hybridized carbons (Fsp3) is 0.565. The van der Waals surface area contributed by atoms with Crippen LogP contribution >= 0.6 is 24.0 Å². The van der Waals surface area contributed by atoms with Gasteiger partial charge in [-0.25, -0.2) is 0 Å². The molecule has 166 valence electrons. The molecule has 0 amide bonds. The molecule has 30 heavy (non-hydrogen) atoms. The lowest BCUT2D eigenvalue weighted by Crippen LogP contribution is -2.41. The molecule has 2 heterocycles. The van der Waals surface area contributed by atoms with Gasteiger partial charge in [0.2, 0.25) is 0 Å². The third kappa shape index (κ3) is 6.70. The molecule has 2 N–H and O–H groups in total. The van der Waals surface area contributed by atoms with E-state index in [4.69, 9.17) is 9.73 Å². The van der Waals surface area contributed by atoms with E-state index in [9.17, 15) is 0 Å². The molecule has 0 radical (unpaired) electrons. The molecular formula is C23H36IN5O. The number of nitrogens with one attached hydrogen (secondary N) is 2. The molecule has 1 aromatic heterocycles. The van der Waals surface area contributed by atoms with Crippen LogP contribution in [0.5, 0.6) is 0 Å². The van der Waals surface area contributed by atoms with Crippen LogP contribution in [-0.4, -0.2) is 48.6 Å². The molecule has 1 aliphatic rings. The number of aryl methyl sites for hydroxylation is 3. The number of halogens is 1. The highest BCUT2D eigenvalue weighted by Gasteiger charge is 2.34. The second-order valence-corrected chi connectivity index (χ2v) is 7.88. The lowest BCUT2D eigenvalue weighted by atomic mass is 9.74. The zero-order valence-corrected chi connectivity index (χ0v) is 20.8. The Kier molecular flexibility index (Phi) is 10.1. The predicted octanol–water partition coefficient (Wildman–Crippen LogP) is 3.81. The summed E-state index contributed by atoms with van der Waals surface area (Å²) < 4.78 is 7.72. The molecule has 1 saturated heterocycles. The van der Waals surface area contributed by atoms with Gasteiger partial charge in [-0.05, 0) is 51.7 Å². The number of guanidine groups is 1. The molecule has 0 aliphatic carbocycles. The van der Waals surface area contributed by atoms with E-state index in [2.05, 4.69) is 70.7 Å². The van der Waals surface area contributed by atoms with Crippen molar-refractivity contribution in [2.75, 3.05) is 32.8 Å². The number of benzene rings is 1. The summed E-state index contributed by atoms with van der Waals surface area (Å²) in [5, 5.41) is 11.4. The zero-order valence-electron chi connectivity index (χ0n) is 18.5. The Morgan fingerprint density at radius 1 is 1.17 bits per heavy atom. The summed E-state index contributed by atoms with van der Waals surface area (Å²) in [6.45, 7) is 11.3. The average molecular weight is 525 g/mol. The summed E-state index contributed by atoms with van der Waals surface area (Å²) in [5.74, 6) is 0.891. The normalized spacial score (nSPS) is 16.0. The van der Waals surface area contributed by atoms with Gasteiger partial charge >= 0.3 is 0 Å². The van der Waals surface area contributed by atoms with Crippen LogP contribution in [0.1, 0.15) is 43.1 Å². The lowest BCUT2D eigenvalue weighted by Gasteiger charge is -2.36. The van der Waals surface area contributed by atoms with Gasteiger partial charge in [0.15, 0.2) is 5.96 Å². The van der Waals surface area contributed by atoms with Gasteiger partial charge < -0.3 is 15.4 Å². The number of hydrogen-bond donors (Lipinski definition) is 2. The molecule has 7 heteroatoms. The van der Waals surface area contributed by atoms with Gasteiger partial charge in [0.1, 0.15) is 0 Å². The second-order valence-electron chi connectivity index (χ2n) is 7.88. The summed E-state index contributed by atoms with van der Waals surface area (Å²) >= 11 is 0. The third-order valence-corrected chi connectivity index (χ3v) is 5.66. The molecule has 3 rings (SSSR count). The molecule has 1 fully saturated rings. The largest absolute Gasteiger partial charge is 0.381 e. The Balaban J connectivity index is 0.00000320. The van der Waals surface area contributed by atoms with Crippen molar-refractivity contribution >= 4 is 29.9 Å². The van der Waals surface area contributed by atoms with Crippen LogP contribution in [0.2, 0.25) is 0 Å². The van der Waals surface area contributed by atoms with Gasteiger partial charge in [-0.15, -0.1) is 24.0 Å². The molecule has 0 saturated carbocycles. The fourth-order valence-electron chi connectivity index (χ4n) is 4.00. The van der Waals surface area contributed by atoms with Crippen LogP contribution in [0.3, 0.4) is 0 Å². The van der Waals surface area contributed by atoms with Crippen LogP contribution < -0.4 is 10.6 Å². The molecule has 0 unspecified atom stereocenters. The number of aliphatic imine (C=N–C) groups is 1. The highest BCUT2D eigenvalue weighted by molar-refractivity contribution is 14.0. The van der Waals surface area contributed by atoms with Crippen molar-refractivity contribution in [2.24, 2.45) is 4.99 Å². The molecule has 1 aromatic carbocycles. The van der Waals surface area contributed by atoms with E-state index in [1.54, 1.807) is 0 Å². The number of ether oxygens (including phenoxy) is 1. The quantitative estimate of drug-likeness (QED) is 0.238. The number of aromatic nitrogens is 2. The number of rotatable bonds is 8. The van der Waals surface area contributed by atoms with Crippen molar-refractivity contribution < 1.29 is 4.74 Å². The Hall–Kier alpha value is -1.61. The van der Waals surface area contributed by atoms with Crippen molar-refractivity contribution in [3.8, 4) is 0 Å². The molecule has 0 atom stereocenters. The van der Waals surface area contributed by atoms with Gasteiger partial charge in [0.05, 0.1) is 12.2 Å². The van der Waals surface area contributed by atoms with Gasteiger partial charge in [0.25, 0.3) is 0 Å². The topological polar surface area (TPSA) is 63.5 Å². The minimum Gasteiger partial charge on any atom is -0.381 e. The van der Waals surface area contributed by atoms with E-state index in [1.807, 2.05) is 6.92 Å². The first-order valence-electron chi connectivity index (χ1n) is 10.8. The highest BCUT2D eigenvalue weighted by Crippen LogP contribution is 2.35. The number of hydrogen-bond acceptors (Lipinski definition) is 3. The van der Waals surface area contributed by atoms with E-state index in [0.717, 1.165) is 70.3 Å². The maximum atomic E-state index is 5.65. The van der Waals surface area contributed by atoms with E-state index in [-0.39, 0.29) is 29.4 Å². The van der Waals surface area contributed by atoms with Gasteiger partial charge in [0, 0.05) is 44.0 Å². The number of nitrogens with zero attached hydrogens (tertiary/aromatic N) is 3. The van der Waals surface area contributed by atoms with Crippen molar-refractivity contribution in [2.45, 2.75) is 52.0 Å². The summed E-state index contributed by atoms with van der Waals surface area (Å²) in [6.07, 6.45) is 3.03. The highest BCUT2D eigenvalue weighted by atomic mass is 127. The summed E-state index contributed by atoms with van der Waals surface area (Å²) in [7, 11) is 0. The standard InChI is InChI=1S/C23H35N5O.HI/c1-4-24-22(25-13-8-14-28-20(3)17-19(2)27-28)26-18-23(11-15-29-16-12-23)21-9-6-5-7-10-21;/h5-7,9-10,17H,4,8,11-16,18H2,1-3H3,(H2,24,25,26);1H. The fourth-order valence-corrected chi connectivity index (χ4v) is 4.00. The third-order valence-electron chi connectivity index (χ3n) is 5.66. The van der Waals surface area contributed by atoms with E-state index < -0.39 is 0 Å². The maximum absolute atomic E-state index is 5.65. The minimum absolute atomic E-state index is 0. The summed E-state index contributed by atoms with van der Waals surface area (Å²) in [4.78, 5) is 4.97. The van der Waals surface area contributed by atoms with Gasteiger partial charge in [-0.3, -0.25) is 9.67 Å². The van der Waals surface area contributed by atoms with E-state index >= 15 is 0 Å². The van der Waals surface area contributed by atoms with Crippen molar-refractivity contribution in [1.29, 1.82) is 0 Å². The SMILES string of the molecule is CCNC(=NCC1(c2ccccc2)CCOCC1)NCCCn1nc(C)cc1C.I. The Morgan fingerprint density at radius 3 is 2.53 bits per heavy atom. The van der Waals surface area contributed by atoms with Crippen LogP contribution in [0, 0.1) is 13.8 Å². The first-order valence-corrected chi connectivity index (χ1v) is 10.8. The monoisotopic (exact) mass is 525 g/mol. The van der Waals surface area contributed by atoms with Crippen molar-refractivity contribution in [1.82, 2.24) is 20.4 Å². The van der Waals surface area contributed by atoms with Gasteiger partial charge in [-0.1, -0.05) is 30.3 Å². The Morgan fingerprint density at radius 2 is 1.90 bits per heavy atom. The Bertz CT molecular complexity index is 784. The van der Waals surface area contributed by atoms with Crippen LogP contribution in [0.15, 0.2) is 41.4 Å². The maximum Gasteiger partial charge on any atom is 0.191 e. The second kappa shape index (κ2) is 12.3. The van der Waals surface area contributed by atoms with Crippen LogP contribution in [-0.2, 0) is 16.7 Å². The van der Waals surface area contributed by atoms with Gasteiger partial charge in [-0.2, -0.15) is 5.10 Å². The molecule has 0 spiro atoms. The lowest BCUT2D eigenvalue weighted by molar-refractivity contribution is 0.0531. The molecule has 6 nitrogen and oxygen atoms in total. The zero-order chi connectivity index (χ0) is 20.5. The molecule has 1 aliphatic heterocycles. The molecule has 2 aromatic rings. The van der Waals surface area contributed by atoms with E-state index in [0.29, 0.717) is 0 Å². The van der Waals surface area contributed by atoms with Crippen molar-refractivity contribution in [3.63, 3.8) is 0 Å². The first kappa shape index (κ1) is 24.7. The molecular weight excluding hydrogens is 489 g/mol.